The Balaban J connectivity index is 0.00000456. The number of thiazole rings is 1. The second kappa shape index (κ2) is 13.0. The number of carbonyl (C=O) groups is 1. The monoisotopic (exact) mass is 552 g/mol. The lowest BCUT2D eigenvalue weighted by Crippen LogP contribution is -2.36. The van der Waals surface area contributed by atoms with Crippen molar-refractivity contribution in [3.05, 3.63) is 53.1 Å². The van der Waals surface area contributed by atoms with E-state index < -0.39 is 10.0 Å². The number of hydrogen-bond donors (Lipinski definition) is 0. The summed E-state index contributed by atoms with van der Waals surface area (Å²) in [7, 11) is 0.335. The van der Waals surface area contributed by atoms with Gasteiger partial charge in [-0.05, 0) is 75.8 Å². The zero-order valence-corrected chi connectivity index (χ0v) is 24.4. The second-order valence-corrected chi connectivity index (χ2v) is 11.9. The number of nitrogens with zero attached hydrogens (tertiary/aromatic N) is 4. The summed E-state index contributed by atoms with van der Waals surface area (Å²) in [5, 5.41) is 0.647. The molecule has 2 aromatic carbocycles. The molecule has 0 saturated heterocycles. The van der Waals surface area contributed by atoms with Crippen molar-refractivity contribution in [3.8, 4) is 0 Å². The number of carbonyl (C=O) groups excluding carboxylic acids is 1. The van der Waals surface area contributed by atoms with Crippen molar-refractivity contribution in [2.24, 2.45) is 0 Å². The van der Waals surface area contributed by atoms with Crippen LogP contribution in [-0.2, 0) is 10.0 Å². The van der Waals surface area contributed by atoms with Crippen LogP contribution in [0, 0.1) is 13.8 Å². The lowest BCUT2D eigenvalue weighted by atomic mass is 10.1. The quantitative estimate of drug-likeness (QED) is 0.320. The van der Waals surface area contributed by atoms with Crippen LogP contribution in [0.25, 0.3) is 10.2 Å². The number of aromatic nitrogens is 1. The van der Waals surface area contributed by atoms with Crippen molar-refractivity contribution < 1.29 is 13.2 Å². The molecule has 36 heavy (non-hydrogen) atoms. The zero-order valence-electron chi connectivity index (χ0n) is 21.9. The van der Waals surface area contributed by atoms with Gasteiger partial charge in [0.05, 0.1) is 15.1 Å². The number of unbranched alkanes of at least 4 members (excludes halogenated alkanes) is 1. The highest BCUT2D eigenvalue weighted by Gasteiger charge is 2.25. The first-order valence-electron chi connectivity index (χ1n) is 12.0. The lowest BCUT2D eigenvalue weighted by molar-refractivity contribution is 0.0985. The molecule has 0 radical (unpaired) electrons. The van der Waals surface area contributed by atoms with E-state index in [9.17, 15) is 13.2 Å². The van der Waals surface area contributed by atoms with Crippen LogP contribution >= 0.6 is 23.7 Å². The van der Waals surface area contributed by atoms with Crippen molar-refractivity contribution in [3.63, 3.8) is 0 Å². The van der Waals surface area contributed by atoms with Gasteiger partial charge in [0.15, 0.2) is 5.13 Å². The molecule has 0 N–H and O–H groups in total. The summed E-state index contributed by atoms with van der Waals surface area (Å²) in [6.45, 7) is 10.0. The fraction of sp³-hybridized carbons (Fsp3) is 0.462. The van der Waals surface area contributed by atoms with Crippen molar-refractivity contribution >= 4 is 55.0 Å². The average Bonchev–Trinajstić information content (AvgIpc) is 3.26. The smallest absolute Gasteiger partial charge is 0.260 e. The molecule has 3 aromatic rings. The van der Waals surface area contributed by atoms with E-state index in [4.69, 9.17) is 4.98 Å². The largest absolute Gasteiger partial charge is 0.308 e. The van der Waals surface area contributed by atoms with E-state index >= 15 is 0 Å². The maximum Gasteiger partial charge on any atom is 0.260 e. The maximum atomic E-state index is 13.6. The SMILES string of the molecule is CCCCN(CC)S(=O)(=O)c1ccc(C(=O)N(CCN(C)C)c2nc3c(C)c(C)ccc3s2)cc1.Cl. The van der Waals surface area contributed by atoms with Gasteiger partial charge in [0, 0.05) is 31.7 Å². The number of halogens is 1. The van der Waals surface area contributed by atoms with E-state index in [2.05, 4.69) is 13.0 Å². The number of sulfonamides is 1. The summed E-state index contributed by atoms with van der Waals surface area (Å²) < 4.78 is 28.6. The van der Waals surface area contributed by atoms with Crippen molar-refractivity contribution in [2.45, 2.75) is 45.4 Å². The molecule has 0 atom stereocenters. The molecule has 0 saturated carbocycles. The Hall–Kier alpha value is -2.04. The predicted molar refractivity (Wildman–Crippen MR) is 152 cm³/mol. The molecule has 0 unspecified atom stereocenters. The van der Waals surface area contributed by atoms with Crippen LogP contribution in [0.5, 0.6) is 0 Å². The fourth-order valence-electron chi connectivity index (χ4n) is 3.77. The first-order chi connectivity index (χ1) is 16.6. The normalized spacial score (nSPS) is 11.8. The minimum absolute atomic E-state index is 0. The molecule has 1 heterocycles. The first-order valence-corrected chi connectivity index (χ1v) is 14.3. The third-order valence-electron chi connectivity index (χ3n) is 6.17. The molecule has 3 rings (SSSR count). The summed E-state index contributed by atoms with van der Waals surface area (Å²) in [6.07, 6.45) is 1.73. The molecule has 0 aliphatic rings. The van der Waals surface area contributed by atoms with Crippen molar-refractivity contribution in [1.82, 2.24) is 14.2 Å². The van der Waals surface area contributed by atoms with Crippen molar-refractivity contribution in [1.29, 1.82) is 0 Å². The Kier molecular flexibility index (Phi) is 10.9. The van der Waals surface area contributed by atoms with Gasteiger partial charge in [-0.15, -0.1) is 12.4 Å². The Morgan fingerprint density at radius 1 is 0.972 bits per heavy atom. The van der Waals surface area contributed by atoms with E-state index in [1.54, 1.807) is 17.0 Å². The first kappa shape index (κ1) is 30.2. The van der Waals surface area contributed by atoms with E-state index in [1.165, 1.54) is 27.8 Å². The van der Waals surface area contributed by atoms with Gasteiger partial charge in [-0.1, -0.05) is 37.7 Å². The van der Waals surface area contributed by atoms with Gasteiger partial charge in [0.2, 0.25) is 10.0 Å². The van der Waals surface area contributed by atoms with E-state index in [-0.39, 0.29) is 23.2 Å². The molecular weight excluding hydrogens is 516 g/mol. The molecule has 7 nitrogen and oxygen atoms in total. The highest BCUT2D eigenvalue weighted by molar-refractivity contribution is 7.89. The number of aryl methyl sites for hydroxylation is 2. The summed E-state index contributed by atoms with van der Waals surface area (Å²) in [5.74, 6) is -0.192. The highest BCUT2D eigenvalue weighted by atomic mass is 35.5. The van der Waals surface area contributed by atoms with Crippen LogP contribution in [0.3, 0.4) is 0 Å². The van der Waals surface area contributed by atoms with E-state index in [0.717, 1.165) is 34.2 Å². The Morgan fingerprint density at radius 2 is 1.64 bits per heavy atom. The van der Waals surface area contributed by atoms with Crippen molar-refractivity contribution in [2.75, 3.05) is 45.2 Å². The number of benzene rings is 2. The van der Waals surface area contributed by atoms with Crippen LogP contribution in [0.4, 0.5) is 5.13 Å². The Morgan fingerprint density at radius 3 is 2.22 bits per heavy atom. The summed E-state index contributed by atoms with van der Waals surface area (Å²) in [5.41, 5.74) is 3.63. The third-order valence-corrected chi connectivity index (χ3v) is 9.21. The topological polar surface area (TPSA) is 73.8 Å². The zero-order chi connectivity index (χ0) is 25.8. The molecule has 10 heteroatoms. The van der Waals surface area contributed by atoms with E-state index in [0.29, 0.717) is 36.9 Å². The number of anilines is 1. The van der Waals surface area contributed by atoms with Gasteiger partial charge < -0.3 is 4.90 Å². The average molecular weight is 553 g/mol. The molecule has 0 fully saturated rings. The highest BCUT2D eigenvalue weighted by Crippen LogP contribution is 2.32. The molecule has 0 aliphatic heterocycles. The fourth-order valence-corrected chi connectivity index (χ4v) is 6.31. The van der Waals surface area contributed by atoms with Gasteiger partial charge in [-0.2, -0.15) is 4.31 Å². The molecule has 1 amide bonds. The molecule has 0 spiro atoms. The van der Waals surface area contributed by atoms with Gasteiger partial charge in [0.25, 0.3) is 5.91 Å². The summed E-state index contributed by atoms with van der Waals surface area (Å²) in [6, 6.07) is 10.4. The van der Waals surface area contributed by atoms with Crippen LogP contribution in [-0.4, -0.2) is 68.8 Å². The van der Waals surface area contributed by atoms with Crippen LogP contribution in [0.15, 0.2) is 41.3 Å². The summed E-state index contributed by atoms with van der Waals surface area (Å²) in [4.78, 5) is 22.3. The van der Waals surface area contributed by atoms with Crippen LogP contribution in [0.1, 0.15) is 48.2 Å². The third kappa shape index (κ3) is 6.63. The number of fused-ring (bicyclic) bond motifs is 1. The molecular formula is C26H37ClN4O3S2. The van der Waals surface area contributed by atoms with Crippen LogP contribution in [0.2, 0.25) is 0 Å². The minimum Gasteiger partial charge on any atom is -0.308 e. The van der Waals surface area contributed by atoms with E-state index in [1.807, 2.05) is 45.8 Å². The molecule has 0 aliphatic carbocycles. The number of rotatable bonds is 11. The number of amides is 1. The maximum absolute atomic E-state index is 13.6. The lowest BCUT2D eigenvalue weighted by Gasteiger charge is -2.23. The van der Waals surface area contributed by atoms with Crippen LogP contribution < -0.4 is 4.90 Å². The van der Waals surface area contributed by atoms with Gasteiger partial charge in [-0.25, -0.2) is 13.4 Å². The number of hydrogen-bond acceptors (Lipinski definition) is 6. The Labute approximate surface area is 225 Å². The molecule has 1 aromatic heterocycles. The van der Waals surface area contributed by atoms with Gasteiger partial charge >= 0.3 is 0 Å². The second-order valence-electron chi connectivity index (χ2n) is 8.99. The van der Waals surface area contributed by atoms with Gasteiger partial charge in [0.1, 0.15) is 0 Å². The Bertz CT molecular complexity index is 1270. The predicted octanol–water partition coefficient (Wildman–Crippen LogP) is 5.35. The standard InChI is InChI=1S/C26H36N4O3S2.ClH/c1-7-9-16-29(8-2)35(32,33)22-13-11-21(12-14-22)25(31)30(18-17-28(5)6)26-27-24-20(4)19(3)10-15-23(24)34-26;/h10-15H,7-9,16-18H2,1-6H3;1H. The molecule has 198 valence electrons. The summed E-state index contributed by atoms with van der Waals surface area (Å²) >= 11 is 1.50. The molecule has 0 bridgehead atoms. The number of likely N-dealkylation sites (N-methyl/N-ethyl adjacent to an activating group) is 1. The van der Waals surface area contributed by atoms with Gasteiger partial charge in [-0.3, -0.25) is 9.69 Å². The minimum atomic E-state index is -3.59.